The van der Waals surface area contributed by atoms with Gasteiger partial charge in [-0.05, 0) is 43.5 Å². The van der Waals surface area contributed by atoms with E-state index < -0.39 is 0 Å². The zero-order valence-electron chi connectivity index (χ0n) is 12.9. The molecule has 3 nitrogen and oxygen atoms in total. The van der Waals surface area contributed by atoms with Crippen LogP contribution < -0.4 is 4.90 Å². The highest BCUT2D eigenvalue weighted by Gasteiger charge is 2.19. The molecule has 0 N–H and O–H groups in total. The molecule has 0 unspecified atom stereocenters. The minimum atomic E-state index is 0. The number of anilines is 1. The summed E-state index contributed by atoms with van der Waals surface area (Å²) in [5.41, 5.74) is 7.57. The van der Waals surface area contributed by atoms with E-state index >= 15 is 0 Å². The average Bonchev–Trinajstić information content (AvgIpc) is 2.82. The van der Waals surface area contributed by atoms with Crippen LogP contribution in [-0.4, -0.2) is 15.9 Å². The lowest BCUT2D eigenvalue weighted by molar-refractivity contribution is 0.731. The van der Waals surface area contributed by atoms with Crippen LogP contribution in [0.5, 0.6) is 0 Å². The summed E-state index contributed by atoms with van der Waals surface area (Å²) in [5.74, 6) is 0. The van der Waals surface area contributed by atoms with Gasteiger partial charge < -0.3 is 9.30 Å². The van der Waals surface area contributed by atoms with Crippen molar-refractivity contribution in [1.29, 1.82) is 0 Å². The van der Waals surface area contributed by atoms with Gasteiger partial charge in [-0.1, -0.05) is 24.3 Å². The largest absolute Gasteiger partial charge is 0.364 e. The van der Waals surface area contributed by atoms with Crippen molar-refractivity contribution in [3.63, 3.8) is 0 Å². The molecule has 22 heavy (non-hydrogen) atoms. The van der Waals surface area contributed by atoms with Crippen molar-refractivity contribution in [2.75, 3.05) is 11.4 Å². The van der Waals surface area contributed by atoms with Gasteiger partial charge in [-0.15, -0.1) is 12.4 Å². The van der Waals surface area contributed by atoms with Crippen molar-refractivity contribution in [3.05, 3.63) is 65.1 Å². The highest BCUT2D eigenvalue weighted by Crippen LogP contribution is 2.28. The Labute approximate surface area is 137 Å². The number of halogens is 1. The van der Waals surface area contributed by atoms with Crippen LogP contribution >= 0.6 is 12.4 Å². The quantitative estimate of drug-likeness (QED) is 0.678. The van der Waals surface area contributed by atoms with Gasteiger partial charge in [-0.25, -0.2) is 4.98 Å². The second-order valence-corrected chi connectivity index (χ2v) is 5.81. The second-order valence-electron chi connectivity index (χ2n) is 5.81. The normalized spacial score (nSPS) is 13.8. The van der Waals surface area contributed by atoms with Crippen LogP contribution in [0.2, 0.25) is 0 Å². The summed E-state index contributed by atoms with van der Waals surface area (Å²) in [6.45, 7) is 6.24. The molecule has 1 aliphatic heterocycles. The highest BCUT2D eigenvalue weighted by molar-refractivity contribution is 5.85. The van der Waals surface area contributed by atoms with Crippen LogP contribution in [0.25, 0.3) is 5.65 Å². The van der Waals surface area contributed by atoms with Crippen molar-refractivity contribution in [2.24, 2.45) is 0 Å². The Balaban J connectivity index is 0.00000144. The lowest BCUT2D eigenvalue weighted by Gasteiger charge is -2.30. The predicted molar refractivity (Wildman–Crippen MR) is 93.1 cm³/mol. The Hall–Kier alpha value is -2.00. The maximum atomic E-state index is 4.77. The number of rotatable bonds is 1. The maximum Gasteiger partial charge on any atom is 0.160 e. The number of pyridine rings is 1. The Bertz CT molecular complexity index is 822. The number of aryl methyl sites for hydroxylation is 2. The van der Waals surface area contributed by atoms with E-state index in [4.69, 9.17) is 4.98 Å². The fourth-order valence-corrected chi connectivity index (χ4v) is 3.23. The molecule has 0 radical (unpaired) electrons. The zero-order chi connectivity index (χ0) is 14.4. The summed E-state index contributed by atoms with van der Waals surface area (Å²) < 4.78 is 2.20. The van der Waals surface area contributed by atoms with Gasteiger partial charge in [0.05, 0.1) is 11.4 Å². The van der Waals surface area contributed by atoms with Crippen LogP contribution in [-0.2, 0) is 13.0 Å². The predicted octanol–water partition coefficient (Wildman–Crippen LogP) is 3.94. The molecule has 0 atom stereocenters. The molecule has 114 valence electrons. The molecule has 4 heteroatoms. The summed E-state index contributed by atoms with van der Waals surface area (Å²) in [4.78, 5) is 7.21. The Kier molecular flexibility index (Phi) is 3.83. The first kappa shape index (κ1) is 14.9. The van der Waals surface area contributed by atoms with Crippen LogP contribution in [0.3, 0.4) is 0 Å². The minimum absolute atomic E-state index is 0. The van der Waals surface area contributed by atoms with E-state index in [1.807, 2.05) is 0 Å². The Morgan fingerprint density at radius 1 is 1.00 bits per heavy atom. The monoisotopic (exact) mass is 313 g/mol. The van der Waals surface area contributed by atoms with E-state index in [2.05, 4.69) is 65.7 Å². The van der Waals surface area contributed by atoms with E-state index in [1.165, 1.54) is 22.5 Å². The summed E-state index contributed by atoms with van der Waals surface area (Å²) in [6.07, 6.45) is 3.21. The highest BCUT2D eigenvalue weighted by atomic mass is 35.5. The van der Waals surface area contributed by atoms with E-state index in [0.717, 1.165) is 30.9 Å². The van der Waals surface area contributed by atoms with Gasteiger partial charge in [0, 0.05) is 25.0 Å². The molecular formula is C18H20ClN3. The summed E-state index contributed by atoms with van der Waals surface area (Å²) in [7, 11) is 0. The van der Waals surface area contributed by atoms with Crippen molar-refractivity contribution in [2.45, 2.75) is 26.8 Å². The fraction of sp³-hybridized carbons (Fsp3) is 0.278. The molecule has 4 rings (SSSR count). The molecule has 2 aromatic heterocycles. The summed E-state index contributed by atoms with van der Waals surface area (Å²) in [6, 6.07) is 13.1. The number of hydrogen-bond donors (Lipinski definition) is 0. The second kappa shape index (κ2) is 5.65. The van der Waals surface area contributed by atoms with E-state index in [9.17, 15) is 0 Å². The number of hydrogen-bond acceptors (Lipinski definition) is 2. The molecule has 0 amide bonds. The number of nitrogens with zero attached hydrogens (tertiary/aromatic N) is 3. The van der Waals surface area contributed by atoms with Crippen molar-refractivity contribution >= 4 is 23.7 Å². The molecule has 0 saturated heterocycles. The van der Waals surface area contributed by atoms with Crippen LogP contribution in [0, 0.1) is 13.8 Å². The van der Waals surface area contributed by atoms with Crippen LogP contribution in [0.15, 0.2) is 42.6 Å². The fourth-order valence-electron chi connectivity index (χ4n) is 3.23. The molecular weight excluding hydrogens is 294 g/mol. The molecule has 0 bridgehead atoms. The summed E-state index contributed by atoms with van der Waals surface area (Å²) in [5, 5.41) is 0. The first-order valence-electron chi connectivity index (χ1n) is 7.50. The number of benzene rings is 1. The van der Waals surface area contributed by atoms with Gasteiger partial charge in [0.15, 0.2) is 5.65 Å². The molecule has 3 aromatic rings. The van der Waals surface area contributed by atoms with Gasteiger partial charge in [0.2, 0.25) is 0 Å². The lowest BCUT2D eigenvalue weighted by Crippen LogP contribution is -2.30. The molecule has 0 fully saturated rings. The maximum absolute atomic E-state index is 4.77. The van der Waals surface area contributed by atoms with Gasteiger partial charge in [-0.3, -0.25) is 0 Å². The lowest BCUT2D eigenvalue weighted by atomic mass is 9.99. The standard InChI is InChI=1S/C18H19N3.ClH/c1-13-14(2)21-10-5-8-17(18(21)19-13)20-11-9-15-6-3-4-7-16(15)12-20;/h3-8,10H,9,11-12H2,1-2H3;1H. The third-order valence-electron chi connectivity index (χ3n) is 4.58. The molecule has 1 aliphatic rings. The van der Waals surface area contributed by atoms with Crippen molar-refractivity contribution < 1.29 is 0 Å². The molecule has 1 aromatic carbocycles. The molecule has 3 heterocycles. The number of aromatic nitrogens is 2. The van der Waals surface area contributed by atoms with Gasteiger partial charge in [0.1, 0.15) is 0 Å². The van der Waals surface area contributed by atoms with E-state index in [-0.39, 0.29) is 12.4 Å². The van der Waals surface area contributed by atoms with Gasteiger partial charge in [0.25, 0.3) is 0 Å². The average molecular weight is 314 g/mol. The number of fused-ring (bicyclic) bond motifs is 2. The third-order valence-corrected chi connectivity index (χ3v) is 4.58. The topological polar surface area (TPSA) is 20.5 Å². The smallest absolute Gasteiger partial charge is 0.160 e. The van der Waals surface area contributed by atoms with Gasteiger partial charge >= 0.3 is 0 Å². The molecule has 0 saturated carbocycles. The first-order chi connectivity index (χ1) is 10.2. The Morgan fingerprint density at radius 3 is 2.59 bits per heavy atom. The zero-order valence-corrected chi connectivity index (χ0v) is 13.7. The SMILES string of the molecule is Cc1nc2c(N3CCc4ccccc4C3)cccn2c1C.Cl. The van der Waals surface area contributed by atoms with Crippen molar-refractivity contribution in [3.8, 4) is 0 Å². The summed E-state index contributed by atoms with van der Waals surface area (Å²) >= 11 is 0. The molecule has 0 spiro atoms. The molecule has 0 aliphatic carbocycles. The van der Waals surface area contributed by atoms with E-state index in [1.54, 1.807) is 0 Å². The third kappa shape index (κ3) is 2.26. The first-order valence-corrected chi connectivity index (χ1v) is 7.50. The van der Waals surface area contributed by atoms with Crippen molar-refractivity contribution in [1.82, 2.24) is 9.38 Å². The van der Waals surface area contributed by atoms with Crippen LogP contribution in [0.1, 0.15) is 22.5 Å². The van der Waals surface area contributed by atoms with E-state index in [0.29, 0.717) is 0 Å². The van der Waals surface area contributed by atoms with Crippen LogP contribution in [0.4, 0.5) is 5.69 Å². The van der Waals surface area contributed by atoms with Gasteiger partial charge in [-0.2, -0.15) is 0 Å². The number of imidazole rings is 1. The minimum Gasteiger partial charge on any atom is -0.364 e. The Morgan fingerprint density at radius 2 is 1.77 bits per heavy atom.